The van der Waals surface area contributed by atoms with E-state index in [-0.39, 0.29) is 4.90 Å². The molecule has 0 aromatic rings. The van der Waals surface area contributed by atoms with Gasteiger partial charge in [-0.1, -0.05) is 0 Å². The van der Waals surface area contributed by atoms with E-state index >= 15 is 0 Å². The van der Waals surface area contributed by atoms with Gasteiger partial charge in [0, 0.05) is 13.1 Å². The van der Waals surface area contributed by atoms with Crippen molar-refractivity contribution in [1.29, 1.82) is 0 Å². The number of morpholine rings is 1. The van der Waals surface area contributed by atoms with Gasteiger partial charge >= 0.3 is 12.4 Å². The second-order valence-electron chi connectivity index (χ2n) is 4.20. The van der Waals surface area contributed by atoms with E-state index in [1.54, 1.807) is 0 Å². The van der Waals surface area contributed by atoms with Gasteiger partial charge in [0.2, 0.25) is 0 Å². The summed E-state index contributed by atoms with van der Waals surface area (Å²) in [5.41, 5.74) is 0. The van der Waals surface area contributed by atoms with Crippen LogP contribution in [0.1, 0.15) is 6.92 Å². The van der Waals surface area contributed by atoms with Crippen molar-refractivity contribution >= 4 is 0 Å². The highest BCUT2D eigenvalue weighted by molar-refractivity contribution is 4.87. The molecule has 0 N–H and O–H groups in total. The molecule has 1 saturated heterocycles. The van der Waals surface area contributed by atoms with Crippen molar-refractivity contribution in [3.05, 3.63) is 0 Å². The Balaban J connectivity index is 2.90. The van der Waals surface area contributed by atoms with Gasteiger partial charge in [-0.2, -0.15) is 26.3 Å². The number of hydrogen-bond donors (Lipinski definition) is 0. The van der Waals surface area contributed by atoms with E-state index in [4.69, 9.17) is 0 Å². The zero-order valence-corrected chi connectivity index (χ0v) is 9.60. The number of ether oxygens (including phenoxy) is 1. The summed E-state index contributed by atoms with van der Waals surface area (Å²) in [5, 5.41) is 0. The Hall–Kier alpha value is -0.640. The molecule has 1 fully saturated rings. The Kier molecular flexibility index (Phi) is 4.66. The van der Waals surface area contributed by atoms with E-state index < -0.39 is 50.1 Å². The molecule has 1 heterocycles. The van der Waals surface area contributed by atoms with Crippen LogP contribution in [0.25, 0.3) is 0 Å². The molecule has 0 aromatic heterocycles. The minimum Gasteiger partial charge on any atom is -0.353 e. The predicted molar refractivity (Wildman–Crippen MR) is 47.8 cm³/mol. The highest BCUT2D eigenvalue weighted by Gasteiger charge is 2.54. The average Bonchev–Trinajstić information content (AvgIpc) is 2.24. The van der Waals surface area contributed by atoms with Crippen LogP contribution >= 0.6 is 0 Å². The van der Waals surface area contributed by atoms with Gasteiger partial charge in [-0.15, -0.1) is 0 Å². The lowest BCUT2D eigenvalue weighted by atomic mass is 10.1. The molecule has 0 spiro atoms. The Labute approximate surface area is 103 Å². The Morgan fingerprint density at radius 1 is 0.947 bits per heavy atom. The molecule has 4 atom stereocenters. The Morgan fingerprint density at radius 3 is 1.58 bits per heavy atom. The maximum absolute atomic E-state index is 13.3. The highest BCUT2D eigenvalue weighted by atomic mass is 19.4. The van der Waals surface area contributed by atoms with Gasteiger partial charge in [-0.25, -0.2) is 8.78 Å². The molecule has 10 heteroatoms. The third kappa shape index (κ3) is 4.16. The van der Waals surface area contributed by atoms with E-state index in [1.165, 1.54) is 0 Å². The van der Waals surface area contributed by atoms with E-state index in [0.717, 1.165) is 0 Å². The van der Waals surface area contributed by atoms with Gasteiger partial charge in [0.05, 0.1) is 0 Å². The largest absolute Gasteiger partial charge is 0.415 e. The molecular formula is C9H11F8NO. The SMILES string of the molecule is CC(F)C(F)N1CC(C(F)(F)F)OC(C(F)(F)F)C1. The first kappa shape index (κ1) is 16.4. The smallest absolute Gasteiger partial charge is 0.353 e. The molecule has 0 saturated carbocycles. The maximum atomic E-state index is 13.3. The second kappa shape index (κ2) is 5.39. The molecule has 1 rings (SSSR count). The lowest BCUT2D eigenvalue weighted by molar-refractivity contribution is -0.313. The third-order valence-corrected chi connectivity index (χ3v) is 2.59. The van der Waals surface area contributed by atoms with Crippen LogP contribution in [-0.4, -0.2) is 55.0 Å². The topological polar surface area (TPSA) is 12.5 Å². The quantitative estimate of drug-likeness (QED) is 0.574. The van der Waals surface area contributed by atoms with Gasteiger partial charge in [0.25, 0.3) is 0 Å². The molecule has 1 aliphatic heterocycles. The van der Waals surface area contributed by atoms with Crippen LogP contribution in [-0.2, 0) is 4.74 Å². The molecule has 4 unspecified atom stereocenters. The lowest BCUT2D eigenvalue weighted by Gasteiger charge is -2.40. The maximum Gasteiger partial charge on any atom is 0.415 e. The van der Waals surface area contributed by atoms with Gasteiger partial charge in [-0.05, 0) is 6.92 Å². The van der Waals surface area contributed by atoms with Gasteiger partial charge < -0.3 is 4.74 Å². The van der Waals surface area contributed by atoms with Gasteiger partial charge in [-0.3, -0.25) is 4.90 Å². The van der Waals surface area contributed by atoms with Crippen LogP contribution in [0.2, 0.25) is 0 Å². The molecule has 19 heavy (non-hydrogen) atoms. The number of rotatable bonds is 2. The van der Waals surface area contributed by atoms with Crippen LogP contribution in [0.5, 0.6) is 0 Å². The Morgan fingerprint density at radius 2 is 1.32 bits per heavy atom. The van der Waals surface area contributed by atoms with Gasteiger partial charge in [0.15, 0.2) is 18.5 Å². The molecule has 114 valence electrons. The average molecular weight is 301 g/mol. The Bertz CT molecular complexity index is 280. The summed E-state index contributed by atoms with van der Waals surface area (Å²) in [4.78, 5) is 0.157. The van der Waals surface area contributed by atoms with Crippen LogP contribution in [0, 0.1) is 0 Å². The summed E-state index contributed by atoms with van der Waals surface area (Å²) in [6.45, 7) is -1.64. The van der Waals surface area contributed by atoms with Crippen molar-refractivity contribution in [3.8, 4) is 0 Å². The minimum atomic E-state index is -5.08. The van der Waals surface area contributed by atoms with E-state index in [9.17, 15) is 35.1 Å². The lowest BCUT2D eigenvalue weighted by Crippen LogP contribution is -2.59. The van der Waals surface area contributed by atoms with Crippen LogP contribution < -0.4 is 0 Å². The zero-order valence-electron chi connectivity index (χ0n) is 9.60. The number of nitrogens with zero attached hydrogens (tertiary/aromatic N) is 1. The van der Waals surface area contributed by atoms with Gasteiger partial charge in [0.1, 0.15) is 6.17 Å². The summed E-state index contributed by atoms with van der Waals surface area (Å²) in [7, 11) is 0. The molecule has 1 aliphatic rings. The van der Waals surface area contributed by atoms with Crippen molar-refractivity contribution in [2.75, 3.05) is 13.1 Å². The summed E-state index contributed by atoms with van der Waals surface area (Å²) >= 11 is 0. The van der Waals surface area contributed by atoms with Crippen molar-refractivity contribution in [3.63, 3.8) is 0 Å². The number of hydrogen-bond acceptors (Lipinski definition) is 2. The van der Waals surface area contributed by atoms with Crippen molar-refractivity contribution in [1.82, 2.24) is 4.90 Å². The minimum absolute atomic E-state index is 0.157. The predicted octanol–water partition coefficient (Wildman–Crippen LogP) is 2.83. The van der Waals surface area contributed by atoms with Crippen LogP contribution in [0.3, 0.4) is 0 Å². The van der Waals surface area contributed by atoms with E-state index in [0.29, 0.717) is 6.92 Å². The molecule has 0 bridgehead atoms. The van der Waals surface area contributed by atoms with Crippen molar-refractivity contribution < 1.29 is 39.9 Å². The van der Waals surface area contributed by atoms with E-state index in [2.05, 4.69) is 4.74 Å². The van der Waals surface area contributed by atoms with Crippen molar-refractivity contribution in [2.24, 2.45) is 0 Å². The van der Waals surface area contributed by atoms with E-state index in [1.807, 2.05) is 0 Å². The molecule has 0 aromatic carbocycles. The summed E-state index contributed by atoms with van der Waals surface area (Å²) in [6.07, 6.45) is -20.5. The summed E-state index contributed by atoms with van der Waals surface area (Å²) in [5.74, 6) is 0. The summed E-state index contributed by atoms with van der Waals surface area (Å²) < 4.78 is 104. The molecule has 2 nitrogen and oxygen atoms in total. The van der Waals surface area contributed by atoms with Crippen LogP contribution in [0.4, 0.5) is 35.1 Å². The molecule has 0 aliphatic carbocycles. The first-order valence-corrected chi connectivity index (χ1v) is 5.24. The monoisotopic (exact) mass is 301 g/mol. The van der Waals surface area contributed by atoms with Crippen LogP contribution in [0.15, 0.2) is 0 Å². The molecule has 0 radical (unpaired) electrons. The normalized spacial score (nSPS) is 30.2. The molecule has 0 amide bonds. The zero-order chi connectivity index (χ0) is 15.0. The third-order valence-electron chi connectivity index (χ3n) is 2.59. The van der Waals surface area contributed by atoms with Crippen molar-refractivity contribution in [2.45, 2.75) is 44.0 Å². The summed E-state index contributed by atoms with van der Waals surface area (Å²) in [6, 6.07) is 0. The first-order valence-electron chi connectivity index (χ1n) is 5.24. The molecular weight excluding hydrogens is 290 g/mol. The number of halogens is 8. The first-order chi connectivity index (χ1) is 8.43. The fraction of sp³-hybridized carbons (Fsp3) is 1.00. The standard InChI is InChI=1S/C9H11F8NO/c1-4(10)7(11)18-2-5(8(12,13)14)19-6(3-18)9(15,16)17/h4-7H,2-3H2,1H3. The fourth-order valence-electron chi connectivity index (χ4n) is 1.64. The second-order valence-corrected chi connectivity index (χ2v) is 4.20. The fourth-order valence-corrected chi connectivity index (χ4v) is 1.64. The number of alkyl halides is 8. The highest BCUT2D eigenvalue weighted by Crippen LogP contribution is 2.34.